The van der Waals surface area contributed by atoms with Gasteiger partial charge < -0.3 is 15.9 Å². The number of nitrogens with two attached hydrogens (primary N) is 1. The van der Waals surface area contributed by atoms with E-state index in [1.807, 2.05) is 13.0 Å². The van der Waals surface area contributed by atoms with E-state index in [0.717, 1.165) is 11.1 Å². The third-order valence-corrected chi connectivity index (χ3v) is 3.51. The van der Waals surface area contributed by atoms with E-state index in [1.165, 1.54) is 0 Å². The molecule has 84 valence electrons. The van der Waals surface area contributed by atoms with E-state index >= 15 is 0 Å². The molecule has 4 heteroatoms. The fraction of sp³-hybridized carbons (Fsp3) is 0.455. The van der Waals surface area contributed by atoms with Gasteiger partial charge in [0.05, 0.1) is 10.6 Å². The van der Waals surface area contributed by atoms with Crippen molar-refractivity contribution in [1.29, 1.82) is 0 Å². The lowest BCUT2D eigenvalue weighted by molar-refractivity contribution is 0.169. The van der Waals surface area contributed by atoms with E-state index in [0.29, 0.717) is 23.0 Å². The zero-order valence-corrected chi connectivity index (χ0v) is 10.5. The molecule has 0 saturated heterocycles. The second-order valence-electron chi connectivity index (χ2n) is 3.66. The molecular weight excluding hydrogens is 258 g/mol. The van der Waals surface area contributed by atoms with Crippen LogP contribution in [0.5, 0.6) is 5.75 Å². The summed E-state index contributed by atoms with van der Waals surface area (Å²) in [6.07, 6.45) is -0.103. The van der Waals surface area contributed by atoms with Gasteiger partial charge in [-0.3, -0.25) is 0 Å². The SMILES string of the molecule is Cc1cc(C(O)CCN)c(C)c(O)c1Br. The fourth-order valence-electron chi connectivity index (χ4n) is 1.55. The topological polar surface area (TPSA) is 66.5 Å². The molecule has 1 rings (SSSR count). The summed E-state index contributed by atoms with van der Waals surface area (Å²) < 4.78 is 0.684. The first-order valence-electron chi connectivity index (χ1n) is 4.85. The van der Waals surface area contributed by atoms with E-state index in [4.69, 9.17) is 5.73 Å². The van der Waals surface area contributed by atoms with Crippen molar-refractivity contribution in [3.05, 3.63) is 27.2 Å². The van der Waals surface area contributed by atoms with Crippen molar-refractivity contribution in [3.63, 3.8) is 0 Å². The van der Waals surface area contributed by atoms with E-state index in [-0.39, 0.29) is 5.75 Å². The molecular formula is C11H16BrNO2. The number of aliphatic hydroxyl groups excluding tert-OH is 1. The maximum atomic E-state index is 9.83. The molecule has 0 aliphatic heterocycles. The molecule has 1 unspecified atom stereocenters. The van der Waals surface area contributed by atoms with Gasteiger partial charge in [0.15, 0.2) is 0 Å². The highest BCUT2D eigenvalue weighted by Gasteiger charge is 2.15. The van der Waals surface area contributed by atoms with Gasteiger partial charge in [0.1, 0.15) is 5.75 Å². The lowest BCUT2D eigenvalue weighted by Gasteiger charge is -2.16. The molecule has 0 spiro atoms. The lowest BCUT2D eigenvalue weighted by Crippen LogP contribution is -2.08. The summed E-state index contributed by atoms with van der Waals surface area (Å²) in [5.74, 6) is 0.195. The minimum Gasteiger partial charge on any atom is -0.506 e. The van der Waals surface area contributed by atoms with Gasteiger partial charge in [-0.25, -0.2) is 0 Å². The van der Waals surface area contributed by atoms with E-state index in [9.17, 15) is 10.2 Å². The first-order valence-corrected chi connectivity index (χ1v) is 5.65. The highest BCUT2D eigenvalue weighted by molar-refractivity contribution is 9.10. The molecule has 3 nitrogen and oxygen atoms in total. The number of hydrogen-bond donors (Lipinski definition) is 3. The van der Waals surface area contributed by atoms with Crippen LogP contribution >= 0.6 is 15.9 Å². The fourth-order valence-corrected chi connectivity index (χ4v) is 1.96. The Balaban J connectivity index is 3.19. The molecule has 0 aromatic heterocycles. The Kier molecular flexibility index (Phi) is 4.13. The van der Waals surface area contributed by atoms with Crippen LogP contribution in [0.25, 0.3) is 0 Å². The van der Waals surface area contributed by atoms with Crippen molar-refractivity contribution in [2.75, 3.05) is 6.54 Å². The summed E-state index contributed by atoms with van der Waals surface area (Å²) >= 11 is 3.30. The summed E-state index contributed by atoms with van der Waals surface area (Å²) in [6.45, 7) is 4.09. The maximum absolute atomic E-state index is 9.83. The molecule has 0 heterocycles. The smallest absolute Gasteiger partial charge is 0.133 e. The number of benzene rings is 1. The summed E-state index contributed by atoms with van der Waals surface area (Å²) in [7, 11) is 0. The lowest BCUT2D eigenvalue weighted by atomic mass is 9.98. The average Bonchev–Trinajstić information content (AvgIpc) is 2.20. The number of rotatable bonds is 3. The van der Waals surface area contributed by atoms with Crippen molar-refractivity contribution in [2.45, 2.75) is 26.4 Å². The van der Waals surface area contributed by atoms with Gasteiger partial charge in [0.25, 0.3) is 0 Å². The van der Waals surface area contributed by atoms with Crippen molar-refractivity contribution in [2.24, 2.45) is 5.73 Å². The van der Waals surface area contributed by atoms with Crippen LogP contribution in [0.3, 0.4) is 0 Å². The molecule has 0 amide bonds. The van der Waals surface area contributed by atoms with Crippen LogP contribution in [0.15, 0.2) is 10.5 Å². The highest BCUT2D eigenvalue weighted by atomic mass is 79.9. The molecule has 0 saturated carbocycles. The molecule has 0 aliphatic rings. The highest BCUT2D eigenvalue weighted by Crippen LogP contribution is 2.36. The van der Waals surface area contributed by atoms with Crippen molar-refractivity contribution >= 4 is 15.9 Å². The molecule has 1 aromatic rings. The van der Waals surface area contributed by atoms with E-state index < -0.39 is 6.10 Å². The predicted molar refractivity (Wildman–Crippen MR) is 63.9 cm³/mol. The molecule has 0 bridgehead atoms. The Morgan fingerprint density at radius 1 is 1.47 bits per heavy atom. The third-order valence-electron chi connectivity index (χ3n) is 2.51. The average molecular weight is 274 g/mol. The van der Waals surface area contributed by atoms with Crippen LogP contribution in [0.4, 0.5) is 0 Å². The largest absolute Gasteiger partial charge is 0.506 e. The zero-order chi connectivity index (χ0) is 11.6. The molecule has 0 radical (unpaired) electrons. The van der Waals surface area contributed by atoms with Gasteiger partial charge >= 0.3 is 0 Å². The zero-order valence-electron chi connectivity index (χ0n) is 8.92. The van der Waals surface area contributed by atoms with Crippen LogP contribution in [0.2, 0.25) is 0 Å². The van der Waals surface area contributed by atoms with Crippen molar-refractivity contribution < 1.29 is 10.2 Å². The van der Waals surface area contributed by atoms with Gasteiger partial charge in [-0.2, -0.15) is 0 Å². The predicted octanol–water partition coefficient (Wildman–Crippen LogP) is 2.15. The Bertz CT molecular complexity index is 366. The summed E-state index contributed by atoms with van der Waals surface area (Å²) in [5.41, 5.74) is 7.75. The summed E-state index contributed by atoms with van der Waals surface area (Å²) in [4.78, 5) is 0. The molecule has 0 fully saturated rings. The Hall–Kier alpha value is -0.580. The van der Waals surface area contributed by atoms with Gasteiger partial charge in [-0.15, -0.1) is 0 Å². The van der Waals surface area contributed by atoms with Gasteiger partial charge in [-0.05, 0) is 59.4 Å². The first kappa shape index (κ1) is 12.5. The number of aromatic hydroxyl groups is 1. The Morgan fingerprint density at radius 3 is 2.60 bits per heavy atom. The van der Waals surface area contributed by atoms with Crippen LogP contribution < -0.4 is 5.73 Å². The van der Waals surface area contributed by atoms with Crippen LogP contribution in [0.1, 0.15) is 29.2 Å². The van der Waals surface area contributed by atoms with E-state index in [1.54, 1.807) is 6.92 Å². The molecule has 15 heavy (non-hydrogen) atoms. The Labute approximate surface area is 98.1 Å². The number of phenolic OH excluding ortho intramolecular Hbond substituents is 1. The number of aryl methyl sites for hydroxylation is 1. The monoisotopic (exact) mass is 273 g/mol. The second-order valence-corrected chi connectivity index (χ2v) is 4.46. The Morgan fingerprint density at radius 2 is 2.07 bits per heavy atom. The quantitative estimate of drug-likeness (QED) is 0.791. The number of aliphatic hydroxyl groups is 1. The summed E-state index contributed by atoms with van der Waals surface area (Å²) in [6, 6.07) is 1.87. The van der Waals surface area contributed by atoms with Crippen LogP contribution in [0, 0.1) is 13.8 Å². The first-order chi connectivity index (χ1) is 6.99. The summed E-state index contributed by atoms with van der Waals surface area (Å²) in [5, 5.41) is 19.6. The minimum atomic E-state index is -0.604. The van der Waals surface area contributed by atoms with Crippen LogP contribution in [-0.4, -0.2) is 16.8 Å². The van der Waals surface area contributed by atoms with Gasteiger partial charge in [-0.1, -0.05) is 6.07 Å². The number of halogens is 1. The number of phenols is 1. The van der Waals surface area contributed by atoms with Crippen molar-refractivity contribution in [1.82, 2.24) is 0 Å². The molecule has 1 atom stereocenters. The van der Waals surface area contributed by atoms with Crippen molar-refractivity contribution in [3.8, 4) is 5.75 Å². The van der Waals surface area contributed by atoms with Crippen LogP contribution in [-0.2, 0) is 0 Å². The van der Waals surface area contributed by atoms with Gasteiger partial charge in [0, 0.05) is 0 Å². The molecule has 1 aromatic carbocycles. The second kappa shape index (κ2) is 4.96. The number of hydrogen-bond acceptors (Lipinski definition) is 3. The third kappa shape index (κ3) is 2.51. The molecule has 4 N–H and O–H groups in total. The normalized spacial score (nSPS) is 12.9. The maximum Gasteiger partial charge on any atom is 0.133 e. The standard InChI is InChI=1S/C11H16BrNO2/c1-6-5-8(9(14)3-4-13)7(2)11(15)10(6)12/h5,9,14-15H,3-4,13H2,1-2H3. The minimum absolute atomic E-state index is 0.195. The van der Waals surface area contributed by atoms with E-state index in [2.05, 4.69) is 15.9 Å². The molecule has 0 aliphatic carbocycles. The van der Waals surface area contributed by atoms with Gasteiger partial charge in [0.2, 0.25) is 0 Å².